The normalized spacial score (nSPS) is 10.7. The van der Waals surface area contributed by atoms with Gasteiger partial charge in [-0.1, -0.05) is 24.3 Å². The van der Waals surface area contributed by atoms with Gasteiger partial charge in [0.25, 0.3) is 5.91 Å². The van der Waals surface area contributed by atoms with Crippen LogP contribution in [0.5, 0.6) is 0 Å². The van der Waals surface area contributed by atoms with E-state index in [0.717, 1.165) is 26.9 Å². The minimum Gasteiger partial charge on any atom is -0.348 e. The van der Waals surface area contributed by atoms with E-state index in [0.29, 0.717) is 17.8 Å². The van der Waals surface area contributed by atoms with E-state index in [1.54, 1.807) is 23.1 Å². The van der Waals surface area contributed by atoms with Gasteiger partial charge in [-0.15, -0.1) is 23.1 Å². The van der Waals surface area contributed by atoms with E-state index in [9.17, 15) is 9.59 Å². The maximum Gasteiger partial charge on any atom is 0.319 e. The van der Waals surface area contributed by atoms with Crippen molar-refractivity contribution in [3.05, 3.63) is 75.7 Å². The van der Waals surface area contributed by atoms with Crippen LogP contribution in [-0.2, 0) is 12.3 Å². The Bertz CT molecular complexity index is 1030. The van der Waals surface area contributed by atoms with Gasteiger partial charge in [-0.05, 0) is 50.6 Å². The zero-order chi connectivity index (χ0) is 22.2. The molecule has 0 aliphatic heterocycles. The molecule has 8 heteroatoms. The first-order valence-corrected chi connectivity index (χ1v) is 11.8. The molecule has 3 rings (SSSR count). The van der Waals surface area contributed by atoms with Crippen LogP contribution >= 0.6 is 23.1 Å². The lowest BCUT2D eigenvalue weighted by atomic mass is 10.2. The molecule has 0 saturated carbocycles. The van der Waals surface area contributed by atoms with E-state index < -0.39 is 0 Å². The summed E-state index contributed by atoms with van der Waals surface area (Å²) in [4.78, 5) is 30.0. The third kappa shape index (κ3) is 7.11. The number of aryl methyl sites for hydroxylation is 1. The van der Waals surface area contributed by atoms with Gasteiger partial charge in [0.1, 0.15) is 0 Å². The van der Waals surface area contributed by atoms with Crippen LogP contribution in [-0.4, -0.2) is 23.0 Å². The lowest BCUT2D eigenvalue weighted by Crippen LogP contribution is -2.34. The van der Waals surface area contributed by atoms with Crippen molar-refractivity contribution in [3.63, 3.8) is 0 Å². The molecule has 0 spiro atoms. The van der Waals surface area contributed by atoms with E-state index in [-0.39, 0.29) is 18.0 Å². The lowest BCUT2D eigenvalue weighted by molar-refractivity contribution is 0.0948. The average Bonchev–Trinajstić information content (AvgIpc) is 3.16. The summed E-state index contributed by atoms with van der Waals surface area (Å²) in [5.74, 6) is 0.615. The van der Waals surface area contributed by atoms with Crippen LogP contribution in [0.3, 0.4) is 0 Å². The van der Waals surface area contributed by atoms with Gasteiger partial charge < -0.3 is 16.0 Å². The molecule has 3 amide bonds. The molecular weight excluding hydrogens is 428 g/mol. The molecule has 0 aliphatic rings. The number of rotatable bonds is 8. The highest BCUT2D eigenvalue weighted by Gasteiger charge is 2.12. The van der Waals surface area contributed by atoms with Crippen LogP contribution in [0.2, 0.25) is 0 Å². The summed E-state index contributed by atoms with van der Waals surface area (Å²) < 4.78 is 0. The number of aromatic nitrogens is 1. The number of nitrogens with one attached hydrogen (secondary N) is 3. The van der Waals surface area contributed by atoms with Crippen molar-refractivity contribution >= 4 is 40.7 Å². The summed E-state index contributed by atoms with van der Waals surface area (Å²) in [7, 11) is 0. The predicted molar refractivity (Wildman–Crippen MR) is 128 cm³/mol. The fourth-order valence-electron chi connectivity index (χ4n) is 2.82. The molecule has 2 aromatic carbocycles. The molecule has 162 valence electrons. The Balaban J connectivity index is 1.55. The Morgan fingerprint density at radius 2 is 1.84 bits per heavy atom. The Hall–Kier alpha value is -2.84. The Morgan fingerprint density at radius 3 is 2.52 bits per heavy atom. The smallest absolute Gasteiger partial charge is 0.319 e. The number of thiazole rings is 1. The van der Waals surface area contributed by atoms with E-state index in [2.05, 4.69) is 26.3 Å². The molecule has 3 aromatic rings. The van der Waals surface area contributed by atoms with Gasteiger partial charge in [0.15, 0.2) is 0 Å². The van der Waals surface area contributed by atoms with Crippen molar-refractivity contribution in [2.75, 3.05) is 5.32 Å². The molecular formula is C23H26N4O2S2. The topological polar surface area (TPSA) is 83.1 Å². The molecule has 3 N–H and O–H groups in total. The Kier molecular flexibility index (Phi) is 8.08. The monoisotopic (exact) mass is 454 g/mol. The number of carbonyl (C=O) groups excluding carboxylic acids is 2. The second-order valence-electron chi connectivity index (χ2n) is 7.28. The summed E-state index contributed by atoms with van der Waals surface area (Å²) in [6, 6.07) is 14.8. The second kappa shape index (κ2) is 11.0. The molecule has 0 aliphatic carbocycles. The van der Waals surface area contributed by atoms with Crippen molar-refractivity contribution < 1.29 is 9.59 Å². The number of hydrogen-bond acceptors (Lipinski definition) is 5. The maximum absolute atomic E-state index is 12.8. The number of benzene rings is 2. The molecule has 0 unspecified atom stereocenters. The van der Waals surface area contributed by atoms with E-state index >= 15 is 0 Å². The van der Waals surface area contributed by atoms with Gasteiger partial charge in [-0.3, -0.25) is 4.79 Å². The highest BCUT2D eigenvalue weighted by atomic mass is 32.2. The van der Waals surface area contributed by atoms with Crippen LogP contribution in [0, 0.1) is 6.92 Å². The average molecular weight is 455 g/mol. The maximum atomic E-state index is 12.8. The second-order valence-corrected chi connectivity index (χ2v) is 9.35. The van der Waals surface area contributed by atoms with Gasteiger partial charge >= 0.3 is 6.03 Å². The molecule has 0 bridgehead atoms. The van der Waals surface area contributed by atoms with Gasteiger partial charge in [-0.2, -0.15) is 0 Å². The number of hydrogen-bond donors (Lipinski definition) is 3. The number of carbonyl (C=O) groups is 2. The highest BCUT2D eigenvalue weighted by Crippen LogP contribution is 2.27. The first-order chi connectivity index (χ1) is 14.9. The van der Waals surface area contributed by atoms with E-state index in [4.69, 9.17) is 0 Å². The summed E-state index contributed by atoms with van der Waals surface area (Å²) in [5, 5.41) is 11.6. The van der Waals surface area contributed by atoms with Crippen molar-refractivity contribution in [2.45, 2.75) is 44.0 Å². The Morgan fingerprint density at radius 1 is 1.10 bits per heavy atom. The van der Waals surface area contributed by atoms with Crippen molar-refractivity contribution in [1.82, 2.24) is 15.6 Å². The minimum absolute atomic E-state index is 0.0705. The third-order valence-corrected chi connectivity index (χ3v) is 6.19. The zero-order valence-electron chi connectivity index (χ0n) is 17.8. The molecule has 0 atom stereocenters. The van der Waals surface area contributed by atoms with Crippen LogP contribution in [0.1, 0.15) is 40.5 Å². The van der Waals surface area contributed by atoms with Gasteiger partial charge in [0.05, 0.1) is 16.3 Å². The quantitative estimate of drug-likeness (QED) is 0.408. The third-order valence-electron chi connectivity index (χ3n) is 4.26. The first-order valence-electron chi connectivity index (χ1n) is 9.98. The first kappa shape index (κ1) is 22.8. The van der Waals surface area contributed by atoms with Gasteiger partial charge in [0, 0.05) is 34.3 Å². The van der Waals surface area contributed by atoms with Crippen LogP contribution < -0.4 is 16.0 Å². The van der Waals surface area contributed by atoms with Gasteiger partial charge in [0.2, 0.25) is 0 Å². The van der Waals surface area contributed by atoms with E-state index in [1.165, 1.54) is 0 Å². The number of thioether (sulfide) groups is 1. The Labute approximate surface area is 190 Å². The molecule has 0 fully saturated rings. The fraction of sp³-hybridized carbons (Fsp3) is 0.261. The van der Waals surface area contributed by atoms with E-state index in [1.807, 2.05) is 69.3 Å². The molecule has 31 heavy (non-hydrogen) atoms. The number of urea groups is 1. The number of nitrogens with zero attached hydrogens (tertiary/aromatic N) is 1. The molecule has 0 radical (unpaired) electrons. The van der Waals surface area contributed by atoms with Crippen LogP contribution in [0.25, 0.3) is 0 Å². The molecule has 6 nitrogen and oxygen atoms in total. The van der Waals surface area contributed by atoms with Crippen molar-refractivity contribution in [3.8, 4) is 0 Å². The molecule has 1 heterocycles. The standard InChI is InChI=1S/C23H26N4O2S2/c1-15(2)25-23(29)27-18-10-8-17(9-11-18)12-24-22(28)20-6-4-5-7-21(20)31-14-19-13-30-16(3)26-19/h4-11,13,15H,12,14H2,1-3H3,(H,24,28)(H2,25,27,29). The molecule has 0 saturated heterocycles. The summed E-state index contributed by atoms with van der Waals surface area (Å²) in [6.07, 6.45) is 0. The van der Waals surface area contributed by atoms with Crippen LogP contribution in [0.15, 0.2) is 58.8 Å². The molecule has 1 aromatic heterocycles. The summed E-state index contributed by atoms with van der Waals surface area (Å²) >= 11 is 3.24. The van der Waals surface area contributed by atoms with Gasteiger partial charge in [-0.25, -0.2) is 9.78 Å². The lowest BCUT2D eigenvalue weighted by Gasteiger charge is -2.11. The largest absolute Gasteiger partial charge is 0.348 e. The van der Waals surface area contributed by atoms with Crippen molar-refractivity contribution in [2.24, 2.45) is 0 Å². The zero-order valence-corrected chi connectivity index (χ0v) is 19.4. The van der Waals surface area contributed by atoms with Crippen LogP contribution in [0.4, 0.5) is 10.5 Å². The fourth-order valence-corrected chi connectivity index (χ4v) is 4.48. The number of amides is 3. The minimum atomic E-state index is -0.238. The number of anilines is 1. The predicted octanol–water partition coefficient (Wildman–Crippen LogP) is 5.20. The summed E-state index contributed by atoms with van der Waals surface area (Å²) in [6.45, 7) is 6.20. The summed E-state index contributed by atoms with van der Waals surface area (Å²) in [5.41, 5.74) is 3.33. The highest BCUT2D eigenvalue weighted by molar-refractivity contribution is 7.98. The SMILES string of the molecule is Cc1nc(CSc2ccccc2C(=O)NCc2ccc(NC(=O)NC(C)C)cc2)cs1. The van der Waals surface area contributed by atoms with Crippen molar-refractivity contribution in [1.29, 1.82) is 0 Å².